The highest BCUT2D eigenvalue weighted by Crippen LogP contribution is 2.16. The quantitative estimate of drug-likeness (QED) is 0.706. The molecule has 0 spiro atoms. The standard InChI is InChI=1S/C18H19BrN2O3/c1-23-16-5-7-17(8-6-16)24-12-11-21-18(22)20-10-9-14-3-2-4-15(19)13-14/h2-10,13H,11-12H2,1H3,(H2,20,21,22)/b10-9+. The van der Waals surface area contributed by atoms with Gasteiger partial charge in [0, 0.05) is 10.7 Å². The minimum absolute atomic E-state index is 0.278. The van der Waals surface area contributed by atoms with Gasteiger partial charge in [-0.1, -0.05) is 28.1 Å². The average Bonchev–Trinajstić information content (AvgIpc) is 2.59. The highest BCUT2D eigenvalue weighted by Gasteiger charge is 1.98. The van der Waals surface area contributed by atoms with Crippen LogP contribution in [-0.2, 0) is 0 Å². The number of carbonyl (C=O) groups is 1. The van der Waals surface area contributed by atoms with Crippen molar-refractivity contribution in [2.45, 2.75) is 0 Å². The summed E-state index contributed by atoms with van der Waals surface area (Å²) in [6.07, 6.45) is 3.42. The van der Waals surface area contributed by atoms with Crippen LogP contribution in [0.15, 0.2) is 59.2 Å². The second-order valence-corrected chi connectivity index (χ2v) is 5.73. The van der Waals surface area contributed by atoms with Crippen LogP contribution in [0.2, 0.25) is 0 Å². The van der Waals surface area contributed by atoms with Gasteiger partial charge in [0.05, 0.1) is 13.7 Å². The molecule has 0 fully saturated rings. The third-order valence-corrected chi connectivity index (χ3v) is 3.55. The van der Waals surface area contributed by atoms with E-state index in [1.807, 2.05) is 54.6 Å². The molecule has 0 saturated heterocycles. The Balaban J connectivity index is 1.64. The molecule has 2 aromatic carbocycles. The molecule has 2 rings (SSSR count). The maximum Gasteiger partial charge on any atom is 0.318 e. The Morgan fingerprint density at radius 1 is 1.17 bits per heavy atom. The molecule has 0 aliphatic carbocycles. The first-order valence-corrected chi connectivity index (χ1v) is 8.20. The number of ether oxygens (including phenoxy) is 2. The Hall–Kier alpha value is -2.47. The molecule has 24 heavy (non-hydrogen) atoms. The third kappa shape index (κ3) is 6.34. The number of benzene rings is 2. The topological polar surface area (TPSA) is 59.6 Å². The Labute approximate surface area is 149 Å². The zero-order chi connectivity index (χ0) is 17.2. The van der Waals surface area contributed by atoms with Crippen molar-refractivity contribution in [1.82, 2.24) is 10.6 Å². The monoisotopic (exact) mass is 390 g/mol. The Bertz CT molecular complexity index is 687. The molecule has 2 N–H and O–H groups in total. The van der Waals surface area contributed by atoms with E-state index >= 15 is 0 Å². The van der Waals surface area contributed by atoms with Gasteiger partial charge in [-0.2, -0.15) is 0 Å². The van der Waals surface area contributed by atoms with Crippen molar-refractivity contribution in [1.29, 1.82) is 0 Å². The summed E-state index contributed by atoms with van der Waals surface area (Å²) in [7, 11) is 1.61. The van der Waals surface area contributed by atoms with E-state index in [4.69, 9.17) is 9.47 Å². The number of urea groups is 1. The van der Waals surface area contributed by atoms with Gasteiger partial charge < -0.3 is 20.1 Å². The number of hydrogen-bond acceptors (Lipinski definition) is 3. The fourth-order valence-electron chi connectivity index (χ4n) is 1.88. The molecule has 0 unspecified atom stereocenters. The van der Waals surface area contributed by atoms with E-state index in [0.29, 0.717) is 13.2 Å². The first kappa shape index (κ1) is 17.9. The van der Waals surface area contributed by atoms with Gasteiger partial charge >= 0.3 is 6.03 Å². The highest BCUT2D eigenvalue weighted by molar-refractivity contribution is 9.10. The van der Waals surface area contributed by atoms with Crippen LogP contribution in [0, 0.1) is 0 Å². The zero-order valence-corrected chi connectivity index (χ0v) is 14.9. The van der Waals surface area contributed by atoms with Gasteiger partial charge in [0.15, 0.2) is 0 Å². The van der Waals surface area contributed by atoms with Gasteiger partial charge in [0.2, 0.25) is 0 Å². The maximum atomic E-state index is 11.6. The number of hydrogen-bond donors (Lipinski definition) is 2. The van der Waals surface area contributed by atoms with Gasteiger partial charge in [0.1, 0.15) is 18.1 Å². The lowest BCUT2D eigenvalue weighted by Crippen LogP contribution is -2.34. The number of halogens is 1. The maximum absolute atomic E-state index is 11.6. The van der Waals surface area contributed by atoms with E-state index in [-0.39, 0.29) is 6.03 Å². The van der Waals surface area contributed by atoms with Gasteiger partial charge in [-0.05, 0) is 48.0 Å². The number of amides is 2. The summed E-state index contributed by atoms with van der Waals surface area (Å²) in [6, 6.07) is 14.8. The Kier molecular flexibility index (Phi) is 7.17. The SMILES string of the molecule is COc1ccc(OCCNC(=O)N/C=C/c2cccc(Br)c2)cc1. The predicted molar refractivity (Wildman–Crippen MR) is 98.2 cm³/mol. The van der Waals surface area contributed by atoms with E-state index in [9.17, 15) is 4.79 Å². The Morgan fingerprint density at radius 2 is 1.92 bits per heavy atom. The first-order valence-electron chi connectivity index (χ1n) is 7.41. The van der Waals surface area contributed by atoms with Gasteiger partial charge in [-0.15, -0.1) is 0 Å². The molecule has 0 saturated carbocycles. The summed E-state index contributed by atoms with van der Waals surface area (Å²) >= 11 is 3.40. The summed E-state index contributed by atoms with van der Waals surface area (Å²) < 4.78 is 11.6. The van der Waals surface area contributed by atoms with Crippen molar-refractivity contribution in [3.63, 3.8) is 0 Å². The number of methoxy groups -OCH3 is 1. The fourth-order valence-corrected chi connectivity index (χ4v) is 2.30. The summed E-state index contributed by atoms with van der Waals surface area (Å²) in [4.78, 5) is 11.6. The lowest BCUT2D eigenvalue weighted by Gasteiger charge is -2.08. The molecule has 2 amide bonds. The molecule has 0 atom stereocenters. The van der Waals surface area contributed by atoms with Crippen molar-refractivity contribution >= 4 is 28.0 Å². The molecule has 0 aliphatic heterocycles. The molecule has 2 aromatic rings. The normalized spacial score (nSPS) is 10.4. The first-order chi connectivity index (χ1) is 11.7. The van der Waals surface area contributed by atoms with Crippen molar-refractivity contribution in [3.05, 3.63) is 64.8 Å². The smallest absolute Gasteiger partial charge is 0.318 e. The molecule has 6 heteroatoms. The molecule has 0 aromatic heterocycles. The van der Waals surface area contributed by atoms with Crippen LogP contribution in [0.4, 0.5) is 4.79 Å². The van der Waals surface area contributed by atoms with E-state index in [0.717, 1.165) is 21.5 Å². The molecule has 126 valence electrons. The van der Waals surface area contributed by atoms with Crippen LogP contribution in [0.5, 0.6) is 11.5 Å². The molecule has 5 nitrogen and oxygen atoms in total. The molecular weight excluding hydrogens is 372 g/mol. The summed E-state index contributed by atoms with van der Waals surface area (Å²) in [5, 5.41) is 5.36. The summed E-state index contributed by atoms with van der Waals surface area (Å²) in [6.45, 7) is 0.789. The lowest BCUT2D eigenvalue weighted by atomic mass is 10.2. The number of carbonyl (C=O) groups excluding carboxylic acids is 1. The molecule has 0 bridgehead atoms. The van der Waals surface area contributed by atoms with E-state index < -0.39 is 0 Å². The third-order valence-electron chi connectivity index (χ3n) is 3.05. The molecule has 0 aliphatic rings. The largest absolute Gasteiger partial charge is 0.497 e. The number of nitrogens with one attached hydrogen (secondary N) is 2. The van der Waals surface area contributed by atoms with E-state index in [1.54, 1.807) is 13.3 Å². The van der Waals surface area contributed by atoms with Crippen LogP contribution in [0.1, 0.15) is 5.56 Å². The molecule has 0 radical (unpaired) electrons. The lowest BCUT2D eigenvalue weighted by molar-refractivity contribution is 0.239. The number of rotatable bonds is 7. The van der Waals surface area contributed by atoms with Crippen molar-refractivity contribution in [3.8, 4) is 11.5 Å². The van der Waals surface area contributed by atoms with Crippen molar-refractivity contribution in [2.75, 3.05) is 20.3 Å². The average molecular weight is 391 g/mol. The van der Waals surface area contributed by atoms with Crippen LogP contribution in [0.25, 0.3) is 6.08 Å². The Morgan fingerprint density at radius 3 is 2.62 bits per heavy atom. The fraction of sp³-hybridized carbons (Fsp3) is 0.167. The van der Waals surface area contributed by atoms with Gasteiger partial charge in [0.25, 0.3) is 0 Å². The van der Waals surface area contributed by atoms with E-state index in [1.165, 1.54) is 0 Å². The van der Waals surface area contributed by atoms with Gasteiger partial charge in [-0.3, -0.25) is 0 Å². The van der Waals surface area contributed by atoms with Crippen LogP contribution >= 0.6 is 15.9 Å². The molecular formula is C18H19BrN2O3. The summed E-state index contributed by atoms with van der Waals surface area (Å²) in [5.74, 6) is 1.50. The zero-order valence-electron chi connectivity index (χ0n) is 13.3. The van der Waals surface area contributed by atoms with Crippen LogP contribution < -0.4 is 20.1 Å². The summed E-state index contributed by atoms with van der Waals surface area (Å²) in [5.41, 5.74) is 0.993. The molecule has 0 heterocycles. The van der Waals surface area contributed by atoms with Crippen LogP contribution in [0.3, 0.4) is 0 Å². The minimum atomic E-state index is -0.278. The minimum Gasteiger partial charge on any atom is -0.497 e. The second kappa shape index (κ2) is 9.62. The second-order valence-electron chi connectivity index (χ2n) is 4.81. The highest BCUT2D eigenvalue weighted by atomic mass is 79.9. The van der Waals surface area contributed by atoms with Crippen molar-refractivity contribution < 1.29 is 14.3 Å². The van der Waals surface area contributed by atoms with Gasteiger partial charge in [-0.25, -0.2) is 4.79 Å². The predicted octanol–water partition coefficient (Wildman–Crippen LogP) is 3.81. The van der Waals surface area contributed by atoms with Crippen molar-refractivity contribution in [2.24, 2.45) is 0 Å². The van der Waals surface area contributed by atoms with Crippen LogP contribution in [-0.4, -0.2) is 26.3 Å². The van der Waals surface area contributed by atoms with E-state index in [2.05, 4.69) is 26.6 Å².